The number of carbonyl (C=O) groups is 1. The monoisotopic (exact) mass is 401 g/mol. The van der Waals surface area contributed by atoms with Gasteiger partial charge < -0.3 is 15.8 Å². The number of urea groups is 1. The van der Waals surface area contributed by atoms with Crippen molar-refractivity contribution in [3.63, 3.8) is 0 Å². The number of nitrogens with two attached hydrogens (primary N) is 2. The van der Waals surface area contributed by atoms with Crippen molar-refractivity contribution in [1.29, 1.82) is 5.26 Å². The number of aliphatic imine (C=N–C) groups is 1. The lowest BCUT2D eigenvalue weighted by Crippen LogP contribution is -2.54. The summed E-state index contributed by atoms with van der Waals surface area (Å²) in [5, 5.41) is 15.4. The highest BCUT2D eigenvalue weighted by Crippen LogP contribution is 2.36. The number of allylic oxidation sites excluding steroid dienone is 1. The molecule has 0 aromatic heterocycles. The van der Waals surface area contributed by atoms with Crippen molar-refractivity contribution >= 4 is 12.0 Å². The van der Waals surface area contributed by atoms with Gasteiger partial charge in [0.25, 0.3) is 6.26 Å². The molecule has 1 heterocycles. The maximum Gasteiger partial charge on any atom is 0.321 e. The Morgan fingerprint density at radius 1 is 1.24 bits per heavy atom. The van der Waals surface area contributed by atoms with Gasteiger partial charge >= 0.3 is 6.03 Å². The lowest BCUT2D eigenvalue weighted by atomic mass is 9.76. The van der Waals surface area contributed by atoms with E-state index in [1.54, 1.807) is 0 Å². The minimum atomic E-state index is -0.332. The van der Waals surface area contributed by atoms with E-state index in [2.05, 4.69) is 22.2 Å². The molecular formula is C20H31N7O2. The number of carbonyl (C=O) groups excluding carboxylic acids is 1. The number of guanidine groups is 1. The second-order valence-electron chi connectivity index (χ2n) is 8.27. The summed E-state index contributed by atoms with van der Waals surface area (Å²) in [5.41, 5.74) is 6.20. The van der Waals surface area contributed by atoms with E-state index >= 15 is 0 Å². The minimum Gasteiger partial charge on any atom is -0.424 e. The van der Waals surface area contributed by atoms with Crippen LogP contribution in [-0.2, 0) is 4.74 Å². The van der Waals surface area contributed by atoms with Gasteiger partial charge in [0.15, 0.2) is 0 Å². The van der Waals surface area contributed by atoms with Gasteiger partial charge in [-0.15, -0.1) is 0 Å². The molecule has 3 aliphatic rings. The predicted octanol–water partition coefficient (Wildman–Crippen LogP) is 2.15. The molecule has 0 radical (unpaired) electrons. The Labute approximate surface area is 171 Å². The zero-order valence-electron chi connectivity index (χ0n) is 16.8. The van der Waals surface area contributed by atoms with Crippen LogP contribution in [0.4, 0.5) is 4.79 Å². The van der Waals surface area contributed by atoms with Crippen molar-refractivity contribution in [2.24, 2.45) is 28.4 Å². The molecule has 0 bridgehead atoms. The average Bonchev–Trinajstić information content (AvgIpc) is 2.69. The molecule has 0 atom stereocenters. The van der Waals surface area contributed by atoms with Gasteiger partial charge in [-0.25, -0.2) is 20.6 Å². The summed E-state index contributed by atoms with van der Waals surface area (Å²) < 4.78 is 5.07. The van der Waals surface area contributed by atoms with E-state index in [1.165, 1.54) is 12.5 Å². The van der Waals surface area contributed by atoms with E-state index < -0.39 is 0 Å². The molecule has 0 aromatic rings. The van der Waals surface area contributed by atoms with Gasteiger partial charge in [-0.3, -0.25) is 5.32 Å². The Bertz CT molecular complexity index is 711. The number of amides is 2. The van der Waals surface area contributed by atoms with Crippen LogP contribution in [0.2, 0.25) is 0 Å². The SMILES string of the molecule is C=C1C=C(N)N(N)C(NC(=O)NC2CCC(CC3CCC(OC#N)CC3)CC2)=N1. The number of hydrazine groups is 1. The smallest absolute Gasteiger partial charge is 0.321 e. The summed E-state index contributed by atoms with van der Waals surface area (Å²) in [6.07, 6.45) is 13.2. The van der Waals surface area contributed by atoms with Crippen LogP contribution >= 0.6 is 0 Å². The third-order valence-corrected chi connectivity index (χ3v) is 6.16. The topological polar surface area (TPSA) is 142 Å². The molecule has 0 aromatic carbocycles. The predicted molar refractivity (Wildman–Crippen MR) is 109 cm³/mol. The fourth-order valence-corrected chi connectivity index (χ4v) is 4.57. The number of rotatable bonds is 4. The minimum absolute atomic E-state index is 0.121. The summed E-state index contributed by atoms with van der Waals surface area (Å²) in [4.78, 5) is 16.4. The second kappa shape index (κ2) is 9.65. The van der Waals surface area contributed by atoms with Gasteiger partial charge in [-0.2, -0.15) is 5.26 Å². The van der Waals surface area contributed by atoms with Crippen LogP contribution < -0.4 is 22.2 Å². The first-order valence-corrected chi connectivity index (χ1v) is 10.4. The van der Waals surface area contributed by atoms with E-state index in [-0.39, 0.29) is 30.0 Å². The van der Waals surface area contributed by atoms with Crippen LogP contribution in [0.25, 0.3) is 0 Å². The normalized spacial score (nSPS) is 29.9. The molecule has 2 amide bonds. The molecule has 0 unspecified atom stereocenters. The Balaban J connectivity index is 1.36. The number of hydrogen-bond acceptors (Lipinski definition) is 7. The van der Waals surface area contributed by atoms with Crippen LogP contribution in [0.5, 0.6) is 0 Å². The number of nitrogens with zero attached hydrogens (tertiary/aromatic N) is 3. The summed E-state index contributed by atoms with van der Waals surface area (Å²) in [7, 11) is 0. The summed E-state index contributed by atoms with van der Waals surface area (Å²) in [6.45, 7) is 3.72. The van der Waals surface area contributed by atoms with Crippen LogP contribution in [-0.4, -0.2) is 29.1 Å². The fraction of sp³-hybridized carbons (Fsp3) is 0.650. The molecule has 2 saturated carbocycles. The first kappa shape index (κ1) is 21.0. The Morgan fingerprint density at radius 2 is 1.86 bits per heavy atom. The number of hydrogen-bond donors (Lipinski definition) is 4. The van der Waals surface area contributed by atoms with Gasteiger partial charge in [0.05, 0.1) is 5.70 Å². The van der Waals surface area contributed by atoms with E-state index in [9.17, 15) is 4.79 Å². The Hall–Kier alpha value is -2.73. The second-order valence-corrected chi connectivity index (χ2v) is 8.27. The quantitative estimate of drug-likeness (QED) is 0.420. The maximum absolute atomic E-state index is 12.3. The lowest BCUT2D eigenvalue weighted by Gasteiger charge is -2.34. The van der Waals surface area contributed by atoms with Crippen LogP contribution in [0.3, 0.4) is 0 Å². The van der Waals surface area contributed by atoms with Crippen LogP contribution in [0.1, 0.15) is 57.8 Å². The number of ether oxygens (including phenoxy) is 1. The zero-order chi connectivity index (χ0) is 20.8. The molecule has 1 aliphatic heterocycles. The summed E-state index contributed by atoms with van der Waals surface area (Å²) in [5.74, 6) is 7.68. The van der Waals surface area contributed by atoms with Crippen molar-refractivity contribution in [1.82, 2.24) is 15.6 Å². The molecule has 9 heteroatoms. The van der Waals surface area contributed by atoms with Gasteiger partial charge in [0, 0.05) is 12.1 Å². The Morgan fingerprint density at radius 3 is 2.48 bits per heavy atom. The Kier molecular flexibility index (Phi) is 6.99. The molecular weight excluding hydrogens is 370 g/mol. The largest absolute Gasteiger partial charge is 0.424 e. The van der Waals surface area contributed by atoms with Gasteiger partial charge in [-0.05, 0) is 69.6 Å². The standard InChI is InChI=1S/C20H31N7O2/c1-13-10-18(22)27(23)19(24-13)26-20(28)25-16-6-2-14(3-7-16)11-15-4-8-17(9-5-15)29-12-21/h10,14-17H,1-9,11,22-23H2,(H2,24,25,26,28). The van der Waals surface area contributed by atoms with Gasteiger partial charge in [0.2, 0.25) is 5.96 Å². The van der Waals surface area contributed by atoms with E-state index in [0.29, 0.717) is 11.6 Å². The van der Waals surface area contributed by atoms with Crippen molar-refractivity contribution in [3.05, 3.63) is 24.2 Å². The van der Waals surface area contributed by atoms with E-state index in [4.69, 9.17) is 21.6 Å². The highest BCUT2D eigenvalue weighted by atomic mass is 16.5. The van der Waals surface area contributed by atoms with Crippen molar-refractivity contribution < 1.29 is 9.53 Å². The molecule has 0 spiro atoms. The van der Waals surface area contributed by atoms with E-state index in [0.717, 1.165) is 62.3 Å². The molecule has 2 aliphatic carbocycles. The maximum atomic E-state index is 12.3. The molecule has 0 saturated heterocycles. The molecule has 9 nitrogen and oxygen atoms in total. The summed E-state index contributed by atoms with van der Waals surface area (Å²) >= 11 is 0. The van der Waals surface area contributed by atoms with Gasteiger partial charge in [-0.1, -0.05) is 6.58 Å². The van der Waals surface area contributed by atoms with Crippen LogP contribution in [0.15, 0.2) is 29.2 Å². The molecule has 158 valence electrons. The molecule has 3 rings (SSSR count). The summed E-state index contributed by atoms with van der Waals surface area (Å²) in [6, 6.07) is -0.182. The van der Waals surface area contributed by atoms with Crippen molar-refractivity contribution in [3.8, 4) is 6.26 Å². The van der Waals surface area contributed by atoms with Crippen LogP contribution in [0, 0.1) is 23.4 Å². The third-order valence-electron chi connectivity index (χ3n) is 6.16. The first-order valence-electron chi connectivity index (χ1n) is 10.4. The van der Waals surface area contributed by atoms with E-state index in [1.807, 2.05) is 6.26 Å². The van der Waals surface area contributed by atoms with Crippen molar-refractivity contribution in [2.45, 2.75) is 69.9 Å². The molecule has 6 N–H and O–H groups in total. The highest BCUT2D eigenvalue weighted by Gasteiger charge is 2.28. The zero-order valence-corrected chi connectivity index (χ0v) is 16.8. The molecule has 2 fully saturated rings. The fourth-order valence-electron chi connectivity index (χ4n) is 4.57. The molecule has 29 heavy (non-hydrogen) atoms. The average molecular weight is 402 g/mol. The lowest BCUT2D eigenvalue weighted by molar-refractivity contribution is 0.0912. The first-order chi connectivity index (χ1) is 13.9. The van der Waals surface area contributed by atoms with Gasteiger partial charge in [0.1, 0.15) is 11.9 Å². The van der Waals surface area contributed by atoms with Crippen molar-refractivity contribution in [2.75, 3.05) is 0 Å². The highest BCUT2D eigenvalue weighted by molar-refractivity contribution is 5.97. The number of nitriles is 1. The third kappa shape index (κ3) is 5.87. The number of nitrogens with one attached hydrogen (secondary N) is 2.